The average molecular weight is 345 g/mol. The quantitative estimate of drug-likeness (QED) is 0.878. The van der Waals surface area contributed by atoms with Crippen LogP contribution in [0.4, 0.5) is 0 Å². The number of carbonyl (C=O) groups excluding carboxylic acids is 1. The summed E-state index contributed by atoms with van der Waals surface area (Å²) in [7, 11) is 0. The van der Waals surface area contributed by atoms with E-state index in [1.54, 1.807) is 6.07 Å². The zero-order valence-corrected chi connectivity index (χ0v) is 12.8. The Balaban J connectivity index is 2.06. The molecule has 0 aliphatic rings. The smallest absolute Gasteiger partial charge is 0.252 e. The van der Waals surface area contributed by atoms with Crippen molar-refractivity contribution in [1.29, 1.82) is 0 Å². The number of nitrogens with one attached hydrogen (secondary N) is 1. The van der Waals surface area contributed by atoms with Crippen molar-refractivity contribution in [3.63, 3.8) is 0 Å². The minimum absolute atomic E-state index is 0.0879. The lowest BCUT2D eigenvalue weighted by Crippen LogP contribution is -2.22. The van der Waals surface area contributed by atoms with Crippen LogP contribution in [0.25, 0.3) is 0 Å². The predicted octanol–water partition coefficient (Wildman–Crippen LogP) is 4.40. The molecule has 1 heterocycles. The zero-order valence-electron chi connectivity index (χ0n) is 9.67. The number of rotatable bonds is 3. The van der Waals surface area contributed by atoms with Gasteiger partial charge in [0, 0.05) is 9.35 Å². The van der Waals surface area contributed by atoms with Crippen LogP contribution in [0, 0.1) is 6.92 Å². The van der Waals surface area contributed by atoms with Gasteiger partial charge in [-0.3, -0.25) is 4.79 Å². The topological polar surface area (TPSA) is 29.1 Å². The van der Waals surface area contributed by atoms with Gasteiger partial charge in [-0.05, 0) is 46.6 Å². The van der Waals surface area contributed by atoms with Crippen LogP contribution in [0.2, 0.25) is 4.34 Å². The van der Waals surface area contributed by atoms with Gasteiger partial charge in [0.1, 0.15) is 0 Å². The van der Waals surface area contributed by atoms with Crippen molar-refractivity contribution in [3.05, 3.63) is 55.1 Å². The van der Waals surface area contributed by atoms with Crippen LogP contribution in [0.1, 0.15) is 20.8 Å². The molecule has 0 radical (unpaired) electrons. The van der Waals surface area contributed by atoms with Gasteiger partial charge in [0.15, 0.2) is 0 Å². The lowest BCUT2D eigenvalue weighted by molar-refractivity contribution is 0.0950. The standard InChI is InChI=1S/C13H11BrClNOS/c1-8-3-2-4-10(12(8)14)13(17)16-7-9-5-6-11(15)18-9/h2-6H,7H2,1H3,(H,16,17). The highest BCUT2D eigenvalue weighted by Gasteiger charge is 2.11. The first-order valence-corrected chi connectivity index (χ1v) is 7.34. The number of hydrogen-bond donors (Lipinski definition) is 1. The third-order valence-electron chi connectivity index (χ3n) is 2.49. The first kappa shape index (κ1) is 13.6. The number of hydrogen-bond acceptors (Lipinski definition) is 2. The molecule has 0 bridgehead atoms. The van der Waals surface area contributed by atoms with Crippen molar-refractivity contribution in [2.24, 2.45) is 0 Å². The van der Waals surface area contributed by atoms with E-state index in [-0.39, 0.29) is 5.91 Å². The molecule has 1 aromatic carbocycles. The van der Waals surface area contributed by atoms with E-state index < -0.39 is 0 Å². The summed E-state index contributed by atoms with van der Waals surface area (Å²) < 4.78 is 1.57. The summed E-state index contributed by atoms with van der Waals surface area (Å²) in [5.41, 5.74) is 1.69. The molecule has 0 spiro atoms. The molecule has 2 nitrogen and oxygen atoms in total. The zero-order chi connectivity index (χ0) is 13.1. The molecule has 0 fully saturated rings. The Morgan fingerprint density at radius 3 is 2.83 bits per heavy atom. The Labute approximate surface area is 123 Å². The van der Waals surface area contributed by atoms with Gasteiger partial charge in [-0.15, -0.1) is 11.3 Å². The average Bonchev–Trinajstić information content (AvgIpc) is 2.76. The molecular weight excluding hydrogens is 334 g/mol. The number of halogens is 2. The minimum Gasteiger partial charge on any atom is -0.347 e. The molecule has 18 heavy (non-hydrogen) atoms. The van der Waals surface area contributed by atoms with E-state index >= 15 is 0 Å². The van der Waals surface area contributed by atoms with Gasteiger partial charge < -0.3 is 5.32 Å². The fraction of sp³-hybridized carbons (Fsp3) is 0.154. The van der Waals surface area contributed by atoms with Gasteiger partial charge in [0.2, 0.25) is 0 Å². The fourth-order valence-corrected chi connectivity index (χ4v) is 3.00. The van der Waals surface area contributed by atoms with Crippen LogP contribution >= 0.6 is 38.9 Å². The van der Waals surface area contributed by atoms with Gasteiger partial charge in [-0.25, -0.2) is 0 Å². The van der Waals surface area contributed by atoms with Crippen molar-refractivity contribution >= 4 is 44.8 Å². The maximum atomic E-state index is 12.0. The number of thiophene rings is 1. The summed E-state index contributed by atoms with van der Waals surface area (Å²) in [5, 5.41) is 2.88. The largest absolute Gasteiger partial charge is 0.347 e. The first-order valence-electron chi connectivity index (χ1n) is 5.35. The molecule has 0 atom stereocenters. The SMILES string of the molecule is Cc1cccc(C(=O)NCc2ccc(Cl)s2)c1Br. The number of amides is 1. The first-order chi connectivity index (χ1) is 8.58. The van der Waals surface area contributed by atoms with E-state index in [9.17, 15) is 4.79 Å². The van der Waals surface area contributed by atoms with E-state index in [2.05, 4.69) is 21.2 Å². The van der Waals surface area contributed by atoms with Gasteiger partial charge in [0.25, 0.3) is 5.91 Å². The molecule has 0 aliphatic heterocycles. The Morgan fingerprint density at radius 2 is 2.17 bits per heavy atom. The Bertz CT molecular complexity index is 582. The summed E-state index contributed by atoms with van der Waals surface area (Å²) >= 11 is 10.7. The van der Waals surface area contributed by atoms with E-state index in [1.807, 2.05) is 31.2 Å². The van der Waals surface area contributed by atoms with E-state index in [4.69, 9.17) is 11.6 Å². The summed E-state index contributed by atoms with van der Waals surface area (Å²) in [6.07, 6.45) is 0. The molecule has 5 heteroatoms. The van der Waals surface area contributed by atoms with Gasteiger partial charge >= 0.3 is 0 Å². The third-order valence-corrected chi connectivity index (χ3v) is 4.77. The van der Waals surface area contributed by atoms with Crippen LogP contribution < -0.4 is 5.32 Å². The van der Waals surface area contributed by atoms with Crippen molar-refractivity contribution in [2.75, 3.05) is 0 Å². The molecule has 0 saturated heterocycles. The number of benzene rings is 1. The van der Waals surface area contributed by atoms with Crippen LogP contribution in [0.5, 0.6) is 0 Å². The molecule has 1 amide bonds. The van der Waals surface area contributed by atoms with Gasteiger partial charge in [-0.1, -0.05) is 23.7 Å². The molecule has 0 aliphatic carbocycles. The molecule has 94 valence electrons. The van der Waals surface area contributed by atoms with Crippen molar-refractivity contribution in [1.82, 2.24) is 5.32 Å². The highest BCUT2D eigenvalue weighted by atomic mass is 79.9. The van der Waals surface area contributed by atoms with Crippen LogP contribution in [-0.2, 0) is 6.54 Å². The Hall–Kier alpha value is -0.840. The molecule has 2 aromatic rings. The summed E-state index contributed by atoms with van der Waals surface area (Å²) in [6, 6.07) is 9.37. The summed E-state index contributed by atoms with van der Waals surface area (Å²) in [6.45, 7) is 2.45. The Kier molecular flexibility index (Phi) is 4.43. The molecule has 0 saturated carbocycles. The number of carbonyl (C=O) groups is 1. The fourth-order valence-electron chi connectivity index (χ4n) is 1.53. The maximum absolute atomic E-state index is 12.0. The van der Waals surface area contributed by atoms with E-state index in [0.29, 0.717) is 12.1 Å². The van der Waals surface area contributed by atoms with E-state index in [1.165, 1.54) is 11.3 Å². The van der Waals surface area contributed by atoms with Gasteiger partial charge in [-0.2, -0.15) is 0 Å². The predicted molar refractivity (Wildman–Crippen MR) is 79.4 cm³/mol. The van der Waals surface area contributed by atoms with Crippen LogP contribution in [-0.4, -0.2) is 5.91 Å². The summed E-state index contributed by atoms with van der Waals surface area (Å²) in [5.74, 6) is -0.0879. The molecular formula is C13H11BrClNOS. The van der Waals surface area contributed by atoms with Crippen molar-refractivity contribution in [2.45, 2.75) is 13.5 Å². The molecule has 0 unspecified atom stereocenters. The normalized spacial score (nSPS) is 10.4. The monoisotopic (exact) mass is 343 g/mol. The second kappa shape index (κ2) is 5.87. The highest BCUT2D eigenvalue weighted by molar-refractivity contribution is 9.10. The number of aryl methyl sites for hydroxylation is 1. The summed E-state index contributed by atoms with van der Waals surface area (Å²) in [4.78, 5) is 13.1. The highest BCUT2D eigenvalue weighted by Crippen LogP contribution is 2.23. The Morgan fingerprint density at radius 1 is 1.39 bits per heavy atom. The van der Waals surface area contributed by atoms with Crippen molar-refractivity contribution < 1.29 is 4.79 Å². The van der Waals surface area contributed by atoms with E-state index in [0.717, 1.165) is 19.2 Å². The molecule has 1 N–H and O–H groups in total. The van der Waals surface area contributed by atoms with Crippen molar-refractivity contribution in [3.8, 4) is 0 Å². The third kappa shape index (κ3) is 3.13. The second-order valence-electron chi connectivity index (χ2n) is 3.82. The maximum Gasteiger partial charge on any atom is 0.252 e. The van der Waals surface area contributed by atoms with Crippen LogP contribution in [0.15, 0.2) is 34.8 Å². The van der Waals surface area contributed by atoms with Gasteiger partial charge in [0.05, 0.1) is 16.4 Å². The van der Waals surface area contributed by atoms with Crippen LogP contribution in [0.3, 0.4) is 0 Å². The molecule has 2 rings (SSSR count). The second-order valence-corrected chi connectivity index (χ2v) is 6.42. The minimum atomic E-state index is -0.0879. The molecule has 1 aromatic heterocycles. The lowest BCUT2D eigenvalue weighted by Gasteiger charge is -2.07. The lowest BCUT2D eigenvalue weighted by atomic mass is 10.1.